The highest BCUT2D eigenvalue weighted by molar-refractivity contribution is 5.73. The zero-order valence-electron chi connectivity index (χ0n) is 36.8. The van der Waals surface area contributed by atoms with Gasteiger partial charge in [-0.05, 0) is 38.5 Å². The van der Waals surface area contributed by atoms with E-state index in [-0.39, 0.29) is 26.1 Å². The van der Waals surface area contributed by atoms with Crippen LogP contribution in [0.15, 0.2) is 12.2 Å². The van der Waals surface area contributed by atoms with E-state index in [4.69, 9.17) is 18.9 Å². The zero-order chi connectivity index (χ0) is 42.5. The maximum Gasteiger partial charge on any atom is 0.335 e. The van der Waals surface area contributed by atoms with Crippen LogP contribution in [-0.4, -0.2) is 88.4 Å². The number of carboxylic acids is 1. The van der Waals surface area contributed by atoms with Gasteiger partial charge in [0.05, 0.1) is 6.61 Å². The molecule has 0 aromatic carbocycles. The Balaban J connectivity index is 2.34. The van der Waals surface area contributed by atoms with E-state index in [2.05, 4.69) is 26.0 Å². The number of rotatable bonds is 40. The third kappa shape index (κ3) is 29.2. The van der Waals surface area contributed by atoms with E-state index in [0.717, 1.165) is 57.8 Å². The molecule has 6 unspecified atom stereocenters. The number of ether oxygens (including phenoxy) is 4. The van der Waals surface area contributed by atoms with Crippen LogP contribution in [0.3, 0.4) is 0 Å². The first-order valence-electron chi connectivity index (χ1n) is 23.7. The van der Waals surface area contributed by atoms with Crippen molar-refractivity contribution >= 4 is 17.9 Å². The minimum Gasteiger partial charge on any atom is -0.479 e. The van der Waals surface area contributed by atoms with Crippen molar-refractivity contribution < 1.29 is 53.8 Å². The molecule has 0 bridgehead atoms. The highest BCUT2D eigenvalue weighted by atomic mass is 16.7. The lowest BCUT2D eigenvalue weighted by Gasteiger charge is -2.38. The van der Waals surface area contributed by atoms with Gasteiger partial charge in [-0.2, -0.15) is 0 Å². The van der Waals surface area contributed by atoms with E-state index in [9.17, 15) is 34.8 Å². The van der Waals surface area contributed by atoms with E-state index in [1.807, 2.05) is 0 Å². The summed E-state index contributed by atoms with van der Waals surface area (Å²) in [5, 5.41) is 39.8. The molecule has 6 atom stereocenters. The van der Waals surface area contributed by atoms with Crippen LogP contribution in [0.4, 0.5) is 0 Å². The molecule has 0 radical (unpaired) electrons. The third-order valence-electron chi connectivity index (χ3n) is 11.1. The number of carbonyl (C=O) groups excluding carboxylic acids is 2. The number of carbonyl (C=O) groups is 3. The van der Waals surface area contributed by atoms with Crippen molar-refractivity contribution in [1.82, 2.24) is 0 Å². The topological polar surface area (TPSA) is 169 Å². The van der Waals surface area contributed by atoms with Gasteiger partial charge in [0.15, 0.2) is 18.5 Å². The molecule has 0 saturated carbocycles. The predicted octanol–water partition coefficient (Wildman–Crippen LogP) is 10.4. The van der Waals surface area contributed by atoms with Gasteiger partial charge >= 0.3 is 17.9 Å². The molecular formula is C47H86O11. The zero-order valence-corrected chi connectivity index (χ0v) is 36.8. The second-order valence-corrected chi connectivity index (χ2v) is 16.6. The summed E-state index contributed by atoms with van der Waals surface area (Å²) in [7, 11) is 0. The Labute approximate surface area is 352 Å². The minimum absolute atomic E-state index is 0.187. The largest absolute Gasteiger partial charge is 0.479 e. The summed E-state index contributed by atoms with van der Waals surface area (Å²) < 4.78 is 21.8. The van der Waals surface area contributed by atoms with Crippen LogP contribution >= 0.6 is 0 Å². The normalized spacial score (nSPS) is 20.1. The number of aliphatic carboxylic acids is 1. The summed E-state index contributed by atoms with van der Waals surface area (Å²) in [6.07, 6.45) is 31.2. The van der Waals surface area contributed by atoms with Crippen LogP contribution in [0.1, 0.15) is 219 Å². The second kappa shape index (κ2) is 37.9. The number of hydrogen-bond donors (Lipinski definition) is 4. The van der Waals surface area contributed by atoms with Gasteiger partial charge in [-0.15, -0.1) is 0 Å². The van der Waals surface area contributed by atoms with Crippen molar-refractivity contribution in [3.63, 3.8) is 0 Å². The molecule has 11 nitrogen and oxygen atoms in total. The fraction of sp³-hybridized carbons (Fsp3) is 0.894. The molecular weight excluding hydrogens is 741 g/mol. The Bertz CT molecular complexity index is 1020. The van der Waals surface area contributed by atoms with Crippen LogP contribution in [0.2, 0.25) is 0 Å². The van der Waals surface area contributed by atoms with E-state index >= 15 is 0 Å². The van der Waals surface area contributed by atoms with Crippen molar-refractivity contribution in [2.75, 3.05) is 13.2 Å². The number of unbranched alkanes of at least 4 members (excludes halogenated alkanes) is 27. The van der Waals surface area contributed by atoms with Crippen LogP contribution in [-0.2, 0) is 33.3 Å². The lowest BCUT2D eigenvalue weighted by atomic mass is 9.99. The van der Waals surface area contributed by atoms with Crippen molar-refractivity contribution in [2.24, 2.45) is 0 Å². The molecule has 1 heterocycles. The quantitative estimate of drug-likeness (QED) is 0.0263. The second-order valence-electron chi connectivity index (χ2n) is 16.6. The molecule has 1 saturated heterocycles. The molecule has 0 amide bonds. The highest BCUT2D eigenvalue weighted by Gasteiger charge is 2.47. The molecule has 1 aliphatic rings. The molecule has 0 aromatic heterocycles. The fourth-order valence-electron chi connectivity index (χ4n) is 7.35. The minimum atomic E-state index is -1.86. The molecule has 11 heteroatoms. The number of aliphatic hydroxyl groups excluding tert-OH is 3. The average molecular weight is 827 g/mol. The van der Waals surface area contributed by atoms with Crippen LogP contribution < -0.4 is 0 Å². The number of allylic oxidation sites excluding steroid dienone is 2. The van der Waals surface area contributed by atoms with Crippen molar-refractivity contribution in [1.29, 1.82) is 0 Å². The molecule has 340 valence electrons. The molecule has 1 fully saturated rings. The number of esters is 2. The summed E-state index contributed by atoms with van der Waals surface area (Å²) in [6.45, 7) is 3.83. The lowest BCUT2D eigenvalue weighted by Crippen LogP contribution is -2.60. The molecule has 1 rings (SSSR count). The average Bonchev–Trinajstić information content (AvgIpc) is 3.21. The first-order chi connectivity index (χ1) is 28.2. The van der Waals surface area contributed by atoms with Crippen molar-refractivity contribution in [3.8, 4) is 0 Å². The number of aliphatic hydroxyl groups is 3. The Kier molecular flexibility index (Phi) is 35.3. The molecule has 58 heavy (non-hydrogen) atoms. The maximum atomic E-state index is 12.8. The van der Waals surface area contributed by atoms with Gasteiger partial charge in [0, 0.05) is 12.8 Å². The van der Waals surface area contributed by atoms with Gasteiger partial charge in [-0.3, -0.25) is 9.59 Å². The Morgan fingerprint density at radius 2 is 0.914 bits per heavy atom. The SMILES string of the molecule is CCCCCCCCC/C=C\CCCCCCCC(=O)OCC(COC1OC(C(=O)O)C(O)C(O)C1O)OC(=O)CCCCCCCCCCCCCCCCCC. The molecule has 0 aromatic rings. The number of carboxylic acid groups (broad SMARTS) is 1. The van der Waals surface area contributed by atoms with Gasteiger partial charge in [-0.1, -0.05) is 180 Å². The molecule has 1 aliphatic heterocycles. The third-order valence-corrected chi connectivity index (χ3v) is 11.1. The van der Waals surface area contributed by atoms with Crippen molar-refractivity contribution in [3.05, 3.63) is 12.2 Å². The van der Waals surface area contributed by atoms with Gasteiger partial charge in [0.2, 0.25) is 0 Å². The van der Waals surface area contributed by atoms with Crippen LogP contribution in [0, 0.1) is 0 Å². The first kappa shape index (κ1) is 54.0. The smallest absolute Gasteiger partial charge is 0.335 e. The van der Waals surface area contributed by atoms with E-state index in [1.165, 1.54) is 122 Å². The van der Waals surface area contributed by atoms with Gasteiger partial charge in [-0.25, -0.2) is 4.79 Å². The predicted molar refractivity (Wildman–Crippen MR) is 229 cm³/mol. The Morgan fingerprint density at radius 3 is 1.34 bits per heavy atom. The molecule has 0 spiro atoms. The summed E-state index contributed by atoms with van der Waals surface area (Å²) in [4.78, 5) is 36.9. The maximum absolute atomic E-state index is 12.8. The van der Waals surface area contributed by atoms with Gasteiger partial charge in [0.1, 0.15) is 24.9 Å². The summed E-state index contributed by atoms with van der Waals surface area (Å²) in [6, 6.07) is 0. The van der Waals surface area contributed by atoms with E-state index in [1.54, 1.807) is 0 Å². The molecule has 0 aliphatic carbocycles. The van der Waals surface area contributed by atoms with Crippen molar-refractivity contribution in [2.45, 2.75) is 256 Å². The summed E-state index contributed by atoms with van der Waals surface area (Å²) in [5.41, 5.74) is 0. The fourth-order valence-corrected chi connectivity index (χ4v) is 7.35. The van der Waals surface area contributed by atoms with Crippen LogP contribution in [0.5, 0.6) is 0 Å². The van der Waals surface area contributed by atoms with Crippen LogP contribution in [0.25, 0.3) is 0 Å². The van der Waals surface area contributed by atoms with Gasteiger partial charge in [0.25, 0.3) is 0 Å². The summed E-state index contributed by atoms with van der Waals surface area (Å²) in [5.74, 6) is -2.44. The highest BCUT2D eigenvalue weighted by Crippen LogP contribution is 2.23. The lowest BCUT2D eigenvalue weighted by molar-refractivity contribution is -0.298. The summed E-state index contributed by atoms with van der Waals surface area (Å²) >= 11 is 0. The van der Waals surface area contributed by atoms with E-state index in [0.29, 0.717) is 12.8 Å². The van der Waals surface area contributed by atoms with Gasteiger partial charge < -0.3 is 39.4 Å². The Hall–Kier alpha value is -2.05. The first-order valence-corrected chi connectivity index (χ1v) is 23.7. The Morgan fingerprint density at radius 1 is 0.517 bits per heavy atom. The van der Waals surface area contributed by atoms with E-state index < -0.39 is 54.7 Å². The molecule has 4 N–H and O–H groups in total. The monoisotopic (exact) mass is 827 g/mol. The number of hydrogen-bond acceptors (Lipinski definition) is 10. The standard InChI is InChI=1S/C47H86O11/c1-3-5-7-9-11-13-15-17-19-21-23-25-27-29-31-33-35-40(48)55-37-39(38-56-47-44(52)42(50)43(51)45(58-47)46(53)54)57-41(49)36-34-32-30-28-26-24-22-20-18-16-14-12-10-8-6-4-2/h19,21,39,42-45,47,50-52H,3-18,20,22-38H2,1-2H3,(H,53,54)/b21-19-.